The number of esters is 1. The number of benzene rings is 4. The van der Waals surface area contributed by atoms with Crippen LogP contribution in [0.2, 0.25) is 0 Å². The van der Waals surface area contributed by atoms with E-state index in [4.69, 9.17) is 27.8 Å². The maximum absolute atomic E-state index is 13.2. The fourth-order valence-electron chi connectivity index (χ4n) is 6.08. The first-order valence-corrected chi connectivity index (χ1v) is 17.9. The molecule has 5 rings (SSSR count). The van der Waals surface area contributed by atoms with Crippen molar-refractivity contribution in [2.75, 3.05) is 19.7 Å². The molecule has 48 heavy (non-hydrogen) atoms. The van der Waals surface area contributed by atoms with Gasteiger partial charge in [-0.1, -0.05) is 82.2 Å². The van der Waals surface area contributed by atoms with Crippen molar-refractivity contribution < 1.29 is 47.9 Å². The van der Waals surface area contributed by atoms with Crippen LogP contribution in [0.5, 0.6) is 5.75 Å². The van der Waals surface area contributed by atoms with Gasteiger partial charge in [0.05, 0.1) is 22.9 Å². The molecule has 10 heteroatoms. The van der Waals surface area contributed by atoms with Crippen molar-refractivity contribution in [2.24, 2.45) is 0 Å². The minimum atomic E-state index is -4.94. The van der Waals surface area contributed by atoms with E-state index in [0.29, 0.717) is 12.2 Å². The van der Waals surface area contributed by atoms with Gasteiger partial charge >= 0.3 is 5.97 Å². The molecule has 0 saturated carbocycles. The number of hydrogen-bond donors (Lipinski definition) is 1. The molecule has 1 aromatic heterocycles. The van der Waals surface area contributed by atoms with Crippen LogP contribution < -0.4 is 28.6 Å². The Kier molecular flexibility index (Phi) is 13.4. The molecule has 0 spiro atoms. The van der Waals surface area contributed by atoms with Crippen LogP contribution in [0.15, 0.2) is 77.2 Å². The van der Waals surface area contributed by atoms with Gasteiger partial charge in [0.25, 0.3) is 0 Å². The van der Waals surface area contributed by atoms with Crippen LogP contribution >= 0.6 is 0 Å². The van der Waals surface area contributed by atoms with Gasteiger partial charge in [0.2, 0.25) is 5.36 Å². The lowest BCUT2D eigenvalue weighted by atomic mass is 9.97. The summed E-state index contributed by atoms with van der Waals surface area (Å²) in [5, 5.41) is 15.0. The number of rotatable bonds is 13. The van der Waals surface area contributed by atoms with Crippen molar-refractivity contribution in [1.29, 1.82) is 0 Å². The molecular weight excluding hydrogens is 634 g/mol. The van der Waals surface area contributed by atoms with Crippen molar-refractivity contribution in [3.05, 3.63) is 83.7 Å². The van der Waals surface area contributed by atoms with Gasteiger partial charge in [-0.2, -0.15) is 0 Å². The van der Waals surface area contributed by atoms with Gasteiger partial charge in [-0.05, 0) is 79.2 Å². The number of carbonyl (C=O) groups excluding carboxylic acids is 1. The Bertz CT molecular complexity index is 1900. The van der Waals surface area contributed by atoms with E-state index >= 15 is 0 Å². The topological polar surface area (TPSA) is 155 Å². The normalized spacial score (nSPS) is 11.5. The zero-order valence-corrected chi connectivity index (χ0v) is 28.6. The summed E-state index contributed by atoms with van der Waals surface area (Å²) in [5.41, 5.74) is 3.94. The second-order valence-electron chi connectivity index (χ2n) is 11.7. The smallest absolute Gasteiger partial charge is 0.338 e. The van der Waals surface area contributed by atoms with Crippen LogP contribution in [0, 0.1) is 10.2 Å². The van der Waals surface area contributed by atoms with Gasteiger partial charge in [-0.3, -0.25) is 0 Å². The number of hydrogen-bond acceptors (Lipinski definition) is 8. The molecule has 0 aliphatic carbocycles. The van der Waals surface area contributed by atoms with Gasteiger partial charge in [-0.25, -0.2) is 28.0 Å². The second-order valence-corrected chi connectivity index (χ2v) is 12.5. The molecule has 1 N–H and O–H groups in total. The Morgan fingerprint density at radius 3 is 2.10 bits per heavy atom. The van der Waals surface area contributed by atoms with E-state index in [1.807, 2.05) is 48.5 Å². The summed E-state index contributed by atoms with van der Waals surface area (Å²) in [6.07, 6.45) is 9.65. The summed E-state index contributed by atoms with van der Waals surface area (Å²) in [4.78, 5) is 13.2. The van der Waals surface area contributed by atoms with Gasteiger partial charge in [0.1, 0.15) is 30.0 Å². The van der Waals surface area contributed by atoms with Crippen molar-refractivity contribution in [1.82, 2.24) is 4.58 Å². The molecule has 256 valence electrons. The first-order chi connectivity index (χ1) is 23.0. The molecule has 5 aromatic rings. The van der Waals surface area contributed by atoms with Crippen molar-refractivity contribution in [2.45, 2.75) is 72.1 Å². The average molecular weight is 678 g/mol. The maximum Gasteiger partial charge on any atom is 0.338 e. The quantitative estimate of drug-likeness (QED) is 0.0630. The summed E-state index contributed by atoms with van der Waals surface area (Å²) in [6.45, 7) is 8.68. The molecule has 0 amide bonds. The third kappa shape index (κ3) is 9.78. The van der Waals surface area contributed by atoms with Crippen LogP contribution in [0.4, 0.5) is 0 Å². The molecule has 0 aliphatic heterocycles. The zero-order valence-electron chi connectivity index (χ0n) is 27.8. The first kappa shape index (κ1) is 36.8. The molecule has 0 fully saturated rings. The number of phenols is 1. The van der Waals surface area contributed by atoms with E-state index in [1.165, 1.54) is 38.5 Å². The minimum absolute atomic E-state index is 0.233. The molecule has 0 radical (unpaired) electrons. The Hall–Kier alpha value is -3.99. The van der Waals surface area contributed by atoms with Crippen molar-refractivity contribution in [3.63, 3.8) is 0 Å². The number of halogens is 1. The van der Waals surface area contributed by atoms with Crippen LogP contribution in [0.1, 0.15) is 82.5 Å². The van der Waals surface area contributed by atoms with Crippen molar-refractivity contribution >= 4 is 38.7 Å². The molecule has 1 heterocycles. The number of nitrogens with zero attached hydrogens (tertiary/aromatic N) is 1. The number of fused-ring (bicyclic) bond motifs is 4. The van der Waals surface area contributed by atoms with E-state index in [2.05, 4.69) is 37.5 Å². The minimum Gasteiger partial charge on any atom is -0.508 e. The Morgan fingerprint density at radius 1 is 0.771 bits per heavy atom. The number of carbonyl (C=O) groups is 1. The van der Waals surface area contributed by atoms with Crippen LogP contribution in [-0.4, -0.2) is 30.8 Å². The van der Waals surface area contributed by atoms with Gasteiger partial charge in [-0.15, -0.1) is 10.2 Å². The van der Waals surface area contributed by atoms with Crippen LogP contribution in [0.25, 0.3) is 43.8 Å². The lowest BCUT2D eigenvalue weighted by molar-refractivity contribution is -2.00. The van der Waals surface area contributed by atoms with E-state index < -0.39 is 10.2 Å². The zero-order chi connectivity index (χ0) is 34.7. The maximum atomic E-state index is 13.2. The largest absolute Gasteiger partial charge is 0.508 e. The first-order valence-electron chi connectivity index (χ1n) is 16.6. The molecule has 4 aromatic carbocycles. The molecule has 9 nitrogen and oxygen atoms in total. The molecule has 0 aliphatic rings. The summed E-state index contributed by atoms with van der Waals surface area (Å²) in [5.74, 6) is -0.0447. The number of ether oxygens (including phenoxy) is 1. The standard InChI is InChI=1S/C38H43NO4.ClHO4/c1-4-7-8-9-10-11-12-15-24-42-38(41)32-17-14-13-16-30(32)28-19-23-35-34(26-28)36(39(5-2)6-3)33-21-18-27-25-29(40)20-22-31(27)37(33)43-35;2-1(3,4)5/h13-14,16-23,25-26H,4-12,15,24H2,1-3H3;(H,2,3,4,5). The fraction of sp³-hybridized carbons (Fsp3) is 0.368. The number of aromatic hydroxyl groups is 1. The third-order valence-corrected chi connectivity index (χ3v) is 8.42. The molecule has 0 atom stereocenters. The lowest BCUT2D eigenvalue weighted by Gasteiger charge is -2.17. The second kappa shape index (κ2) is 17.4. The Labute approximate surface area is 283 Å². The monoisotopic (exact) mass is 677 g/mol. The highest BCUT2D eigenvalue weighted by atomic mass is 35.7. The van der Waals surface area contributed by atoms with Gasteiger partial charge in [0, 0.05) is 5.39 Å². The van der Waals surface area contributed by atoms with E-state index in [9.17, 15) is 9.90 Å². The SMILES string of the molecule is CCCCCCCCCCOC(=O)c1ccccc1-c1ccc2oc3c(ccc4cc(O)ccc43)c(=[N+](CC)CC)c2c1.[O-][Cl+3]([O-])([O-])[O-]. The lowest BCUT2D eigenvalue weighted by Crippen LogP contribution is -2.68. The Balaban J connectivity index is 0.000000968. The summed E-state index contributed by atoms with van der Waals surface area (Å²) in [7, 11) is -4.94. The number of unbranched alkanes of at least 4 members (excludes halogenated alkanes) is 7. The third-order valence-electron chi connectivity index (χ3n) is 8.42. The molecule has 0 bridgehead atoms. The van der Waals surface area contributed by atoms with E-state index in [-0.39, 0.29) is 11.7 Å². The Morgan fingerprint density at radius 2 is 1.42 bits per heavy atom. The van der Waals surface area contributed by atoms with Crippen molar-refractivity contribution in [3.8, 4) is 16.9 Å². The van der Waals surface area contributed by atoms with Crippen LogP contribution in [0.3, 0.4) is 0 Å². The molecule has 0 saturated heterocycles. The molecule has 0 unspecified atom stereocenters. The highest BCUT2D eigenvalue weighted by molar-refractivity contribution is 6.07. The summed E-state index contributed by atoms with van der Waals surface area (Å²) < 4.78 is 48.6. The number of phenolic OH excluding ortho intramolecular Hbond substituents is 1. The predicted molar refractivity (Wildman–Crippen MR) is 178 cm³/mol. The summed E-state index contributed by atoms with van der Waals surface area (Å²) in [6, 6.07) is 23.4. The van der Waals surface area contributed by atoms with E-state index in [1.54, 1.807) is 12.1 Å². The van der Waals surface area contributed by atoms with Gasteiger partial charge < -0.3 is 14.3 Å². The fourth-order valence-corrected chi connectivity index (χ4v) is 6.08. The highest BCUT2D eigenvalue weighted by Crippen LogP contribution is 2.32. The average Bonchev–Trinajstić information content (AvgIpc) is 3.06. The molecular formula is C38H44ClNO8. The van der Waals surface area contributed by atoms with Gasteiger partial charge in [0.15, 0.2) is 0 Å². The summed E-state index contributed by atoms with van der Waals surface area (Å²) >= 11 is 0. The van der Waals surface area contributed by atoms with Crippen LogP contribution in [-0.2, 0) is 4.74 Å². The van der Waals surface area contributed by atoms with E-state index in [0.717, 1.165) is 75.1 Å². The highest BCUT2D eigenvalue weighted by Gasteiger charge is 2.19. The predicted octanol–water partition coefficient (Wildman–Crippen LogP) is 4.47.